The number of carbonyl (C=O) groups is 6. The maximum Gasteiger partial charge on any atom is 0.354 e. The molecule has 5 heterocycles. The average molecular weight is 1040 g/mol. The first kappa shape index (κ1) is 49.4. The van der Waals surface area contributed by atoms with E-state index < -0.39 is 81.6 Å². The molecule has 14 heteroatoms. The number of nitrogens with zero attached hydrogens (tertiary/aromatic N) is 4. The summed E-state index contributed by atoms with van der Waals surface area (Å²) in [5, 5.41) is 0.500. The monoisotopic (exact) mass is 1040 g/mol. The minimum atomic E-state index is -2.20. The Morgan fingerprint density at radius 3 is 1.55 bits per heavy atom. The third kappa shape index (κ3) is 7.23. The highest BCUT2D eigenvalue weighted by Crippen LogP contribution is 2.69. The average Bonchev–Trinajstić information content (AvgIpc) is 3.97. The molecule has 2 amide bonds. The van der Waals surface area contributed by atoms with Crippen molar-refractivity contribution in [3.05, 3.63) is 223 Å². The van der Waals surface area contributed by atoms with Crippen molar-refractivity contribution in [1.82, 2.24) is 9.80 Å². The summed E-state index contributed by atoms with van der Waals surface area (Å²) in [5.41, 5.74) is 0.890. The summed E-state index contributed by atoms with van der Waals surface area (Å²) in [7, 11) is 5.95. The van der Waals surface area contributed by atoms with Crippen molar-refractivity contribution in [3.63, 3.8) is 0 Å². The molecule has 12 rings (SSSR count). The highest BCUT2D eigenvalue weighted by molar-refractivity contribution is 6.32. The Hall–Kier alpha value is -7.80. The standard InChI is InChI=1S/C61H52Cl2N4O8/c1-34-17-21-38(22-18-34)53(68)50-48-46(64(3)4)31-47(60(50)42-29-40(62)25-27-44(42)65(58(60)72)32-36-13-9-7-10-14-36)67-52(57(71)75-6)49(56(70)74-5)51(54(69)39-23-19-35(2)20-24-39)61(55(48)67)43-30-41(63)26-28-45(43)66(59(61)73)33-37-15-11-8-12-16-37/h7-31,47-48,50-51,55H,32-33H2,1-6H3/t47-,48+,50+,51-,55-,60-,61+/m0/s1. The van der Waals surface area contributed by atoms with Crippen molar-refractivity contribution in [2.45, 2.75) is 49.9 Å². The third-order valence-electron chi connectivity index (χ3n) is 16.1. The van der Waals surface area contributed by atoms with E-state index in [-0.39, 0.29) is 40.0 Å². The van der Waals surface area contributed by atoms with Crippen LogP contribution in [0.1, 0.15) is 54.1 Å². The van der Waals surface area contributed by atoms with E-state index in [1.165, 1.54) is 0 Å². The van der Waals surface area contributed by atoms with Gasteiger partial charge in [0.25, 0.3) is 0 Å². The number of amides is 2. The number of benzene rings is 6. The fraction of sp³-hybridized carbons (Fsp3) is 0.246. The number of halogens is 2. The zero-order chi connectivity index (χ0) is 52.8. The summed E-state index contributed by atoms with van der Waals surface area (Å²) < 4.78 is 11.4. The molecule has 6 aliphatic rings. The van der Waals surface area contributed by atoms with E-state index in [4.69, 9.17) is 32.7 Å². The molecule has 7 atom stereocenters. The van der Waals surface area contributed by atoms with Crippen molar-refractivity contribution in [3.8, 4) is 0 Å². The Morgan fingerprint density at radius 1 is 0.600 bits per heavy atom. The predicted molar refractivity (Wildman–Crippen MR) is 285 cm³/mol. The molecule has 6 aromatic carbocycles. The predicted octanol–water partition coefficient (Wildman–Crippen LogP) is 9.62. The second-order valence-electron chi connectivity index (χ2n) is 20.2. The van der Waals surface area contributed by atoms with Gasteiger partial charge in [-0.3, -0.25) is 19.2 Å². The van der Waals surface area contributed by atoms with E-state index in [0.29, 0.717) is 28.2 Å². The fourth-order valence-corrected chi connectivity index (χ4v) is 13.4. The minimum Gasteiger partial charge on any atom is -0.466 e. The van der Waals surface area contributed by atoms with Crippen LogP contribution in [0.4, 0.5) is 11.4 Å². The molecule has 6 aromatic rings. The quantitative estimate of drug-likeness (QED) is 0.0913. The second kappa shape index (κ2) is 18.5. The van der Waals surface area contributed by atoms with Gasteiger partial charge in [0.05, 0.1) is 56.8 Å². The third-order valence-corrected chi connectivity index (χ3v) is 16.6. The SMILES string of the molecule is COC(=O)C1=C(C(=O)OC)N2[C@H]3C=C(N(C)C)[C@@H]([C@H]2[C@]2(C(=O)N(Cc4ccccc4)c4ccc(Cl)cc42)[C@@H]1C(=O)c1ccc(C)cc1)[C@H](C(=O)c1ccc(C)cc1)[C@@]31C(=O)N(Cc2ccccc2)c2ccc(Cl)cc21. The summed E-state index contributed by atoms with van der Waals surface area (Å²) in [4.78, 5) is 104. The van der Waals surface area contributed by atoms with Gasteiger partial charge < -0.3 is 29.1 Å². The highest BCUT2D eigenvalue weighted by Gasteiger charge is 2.80. The lowest BCUT2D eigenvalue weighted by Crippen LogP contribution is -2.80. The highest BCUT2D eigenvalue weighted by atomic mass is 35.5. The lowest BCUT2D eigenvalue weighted by atomic mass is 9.44. The lowest BCUT2D eigenvalue weighted by Gasteiger charge is -2.67. The van der Waals surface area contributed by atoms with Gasteiger partial charge in [0, 0.05) is 58.3 Å². The van der Waals surface area contributed by atoms with Gasteiger partial charge in [0.2, 0.25) is 11.8 Å². The van der Waals surface area contributed by atoms with Crippen molar-refractivity contribution < 1.29 is 38.2 Å². The van der Waals surface area contributed by atoms with Gasteiger partial charge in [-0.15, -0.1) is 0 Å². The minimum absolute atomic E-state index is 0.0221. The summed E-state index contributed by atoms with van der Waals surface area (Å²) >= 11 is 14.1. The van der Waals surface area contributed by atoms with Gasteiger partial charge in [-0.1, -0.05) is 144 Å². The first-order valence-electron chi connectivity index (χ1n) is 24.7. The molecule has 12 nitrogen and oxygen atoms in total. The van der Waals surface area contributed by atoms with Gasteiger partial charge in [-0.2, -0.15) is 0 Å². The van der Waals surface area contributed by atoms with E-state index in [2.05, 4.69) is 0 Å². The second-order valence-corrected chi connectivity index (χ2v) is 21.1. The molecule has 0 radical (unpaired) electrons. The number of carbonyl (C=O) groups excluding carboxylic acids is 6. The number of hydrogen-bond donors (Lipinski definition) is 0. The number of ketones is 2. The number of anilines is 2. The number of methoxy groups -OCH3 is 2. The maximum atomic E-state index is 17.1. The molecule has 1 saturated heterocycles. The molecule has 5 aliphatic heterocycles. The smallest absolute Gasteiger partial charge is 0.354 e. The van der Waals surface area contributed by atoms with Gasteiger partial charge in [-0.05, 0) is 78.6 Å². The summed E-state index contributed by atoms with van der Waals surface area (Å²) in [6.07, 6.45) is 1.86. The molecular weight excluding hydrogens is 988 g/mol. The van der Waals surface area contributed by atoms with E-state index >= 15 is 28.8 Å². The van der Waals surface area contributed by atoms with Crippen LogP contribution in [0.15, 0.2) is 169 Å². The van der Waals surface area contributed by atoms with Crippen LogP contribution in [0.25, 0.3) is 0 Å². The first-order valence-corrected chi connectivity index (χ1v) is 25.5. The molecule has 0 N–H and O–H groups in total. The normalized spacial score (nSPS) is 24.0. The fourth-order valence-electron chi connectivity index (χ4n) is 13.1. The van der Waals surface area contributed by atoms with Crippen molar-refractivity contribution in [2.75, 3.05) is 38.1 Å². The van der Waals surface area contributed by atoms with E-state index in [1.54, 1.807) is 87.5 Å². The largest absolute Gasteiger partial charge is 0.466 e. The molecule has 0 saturated carbocycles. The van der Waals surface area contributed by atoms with Crippen molar-refractivity contribution >= 4 is 69.9 Å². The number of fused-ring (bicyclic) bond motifs is 3. The van der Waals surface area contributed by atoms with Crippen LogP contribution >= 0.6 is 23.2 Å². The number of Topliss-reactive ketones (excluding diaryl/α,β-unsaturated/α-hetero) is 2. The number of aryl methyl sites for hydroxylation is 2. The molecule has 1 fully saturated rings. The molecule has 2 bridgehead atoms. The molecule has 378 valence electrons. The van der Waals surface area contributed by atoms with Crippen molar-refractivity contribution in [2.24, 2.45) is 17.8 Å². The van der Waals surface area contributed by atoms with Gasteiger partial charge in [0.15, 0.2) is 11.6 Å². The number of hydrogen-bond acceptors (Lipinski definition) is 10. The Morgan fingerprint density at radius 2 is 1.07 bits per heavy atom. The molecular formula is C61H52Cl2N4O8. The Kier molecular flexibility index (Phi) is 12.2. The Labute approximate surface area is 444 Å². The van der Waals surface area contributed by atoms with Crippen LogP contribution < -0.4 is 9.80 Å². The van der Waals surface area contributed by atoms with Crippen LogP contribution in [-0.4, -0.2) is 85.5 Å². The number of ether oxygens (including phenoxy) is 2. The molecule has 0 aromatic heterocycles. The van der Waals surface area contributed by atoms with Gasteiger partial charge in [-0.25, -0.2) is 9.59 Å². The van der Waals surface area contributed by atoms with Crippen LogP contribution in [0, 0.1) is 31.6 Å². The van der Waals surface area contributed by atoms with Crippen molar-refractivity contribution in [1.29, 1.82) is 0 Å². The summed E-state index contributed by atoms with van der Waals surface area (Å²) in [6, 6.07) is 40.1. The number of piperidine rings is 1. The van der Waals surface area contributed by atoms with E-state index in [1.807, 2.05) is 112 Å². The first-order chi connectivity index (χ1) is 36.1. The lowest BCUT2D eigenvalue weighted by molar-refractivity contribution is -0.155. The molecule has 2 spiro atoms. The van der Waals surface area contributed by atoms with Crippen LogP contribution in [0.3, 0.4) is 0 Å². The summed E-state index contributed by atoms with van der Waals surface area (Å²) in [5.74, 6) is -8.70. The zero-order valence-corrected chi connectivity index (χ0v) is 43.6. The molecule has 1 aliphatic carbocycles. The van der Waals surface area contributed by atoms with Crippen LogP contribution in [0.2, 0.25) is 10.0 Å². The maximum absolute atomic E-state index is 17.1. The summed E-state index contributed by atoms with van der Waals surface area (Å²) in [6.45, 7) is 3.90. The number of rotatable bonds is 11. The van der Waals surface area contributed by atoms with Crippen LogP contribution in [0.5, 0.6) is 0 Å². The molecule has 75 heavy (non-hydrogen) atoms. The zero-order valence-electron chi connectivity index (χ0n) is 42.0. The van der Waals surface area contributed by atoms with Gasteiger partial charge in [0.1, 0.15) is 16.5 Å². The van der Waals surface area contributed by atoms with Crippen LogP contribution in [-0.2, 0) is 52.6 Å². The number of esters is 2. The Bertz CT molecular complexity index is 3450. The topological polar surface area (TPSA) is 134 Å². The molecule has 0 unspecified atom stereocenters. The Balaban J connectivity index is 1.32. The van der Waals surface area contributed by atoms with E-state index in [9.17, 15) is 0 Å². The van der Waals surface area contributed by atoms with Gasteiger partial charge >= 0.3 is 11.9 Å². The van der Waals surface area contributed by atoms with E-state index in [0.717, 1.165) is 36.5 Å².